The van der Waals surface area contributed by atoms with Gasteiger partial charge in [-0.05, 0) is 67.1 Å². The molecule has 0 bridgehead atoms. The van der Waals surface area contributed by atoms with Crippen LogP contribution in [0.1, 0.15) is 27.6 Å². The molecule has 0 atom stereocenters. The lowest BCUT2D eigenvalue weighted by Crippen LogP contribution is -2.36. The third-order valence-corrected chi connectivity index (χ3v) is 5.88. The first kappa shape index (κ1) is 23.7. The number of benzene rings is 3. The molecule has 1 heterocycles. The van der Waals surface area contributed by atoms with Crippen LogP contribution in [-0.4, -0.2) is 44.8 Å². The summed E-state index contributed by atoms with van der Waals surface area (Å²) in [6.07, 6.45) is 0. The zero-order chi connectivity index (χ0) is 24.1. The molecule has 0 aliphatic carbocycles. The summed E-state index contributed by atoms with van der Waals surface area (Å²) in [7, 11) is 0. The van der Waals surface area contributed by atoms with Gasteiger partial charge in [0.05, 0.1) is 31.1 Å². The molecule has 1 saturated heterocycles. The van der Waals surface area contributed by atoms with Crippen molar-refractivity contribution in [2.45, 2.75) is 6.92 Å². The number of morpholine rings is 1. The molecule has 176 valence electrons. The maximum atomic E-state index is 15.0. The van der Waals surface area contributed by atoms with E-state index in [0.29, 0.717) is 34.9 Å². The summed E-state index contributed by atoms with van der Waals surface area (Å²) in [5.41, 5.74) is 2.88. The maximum absolute atomic E-state index is 15.0. The van der Waals surface area contributed by atoms with Crippen LogP contribution in [0.3, 0.4) is 0 Å². The molecule has 0 aromatic heterocycles. The van der Waals surface area contributed by atoms with Crippen molar-refractivity contribution in [2.24, 2.45) is 0 Å². The van der Waals surface area contributed by atoms with Gasteiger partial charge in [-0.2, -0.15) is 0 Å². The van der Waals surface area contributed by atoms with Crippen molar-refractivity contribution in [2.75, 3.05) is 42.9 Å². The van der Waals surface area contributed by atoms with Crippen LogP contribution in [0.2, 0.25) is 5.02 Å². The van der Waals surface area contributed by atoms with Crippen LogP contribution in [0.5, 0.6) is 0 Å². The molecule has 0 spiro atoms. The molecular weight excluding hydrogens is 459 g/mol. The summed E-state index contributed by atoms with van der Waals surface area (Å²) in [5, 5.41) is 0.528. The largest absolute Gasteiger partial charge is 0.462 e. The normalized spacial score (nSPS) is 13.4. The maximum Gasteiger partial charge on any atom is 0.338 e. The Morgan fingerprint density at radius 3 is 2.29 bits per heavy atom. The van der Waals surface area contributed by atoms with Gasteiger partial charge in [-0.15, -0.1) is 5.12 Å². The fraction of sp³-hybridized carbons (Fsp3) is 0.231. The fourth-order valence-electron chi connectivity index (χ4n) is 3.73. The minimum atomic E-state index is -0.805. The highest BCUT2D eigenvalue weighted by atomic mass is 35.5. The number of ether oxygens (including phenoxy) is 2. The number of hydrogen-bond acceptors (Lipinski definition) is 5. The molecule has 0 saturated carbocycles. The summed E-state index contributed by atoms with van der Waals surface area (Å²) in [6.45, 7) is 4.87. The SMILES string of the molecule is CCOC(=O)c1ccc(-c2cc(C(=O)N(F)c3ccc(N4CCOCC4)cc3)ccc2Cl)cc1. The van der Waals surface area contributed by atoms with Crippen molar-refractivity contribution in [3.8, 4) is 11.1 Å². The molecule has 4 rings (SSSR count). The Morgan fingerprint density at radius 1 is 1.00 bits per heavy atom. The smallest absolute Gasteiger partial charge is 0.338 e. The number of carbonyl (C=O) groups excluding carboxylic acids is 2. The van der Waals surface area contributed by atoms with E-state index in [1.54, 1.807) is 67.6 Å². The van der Waals surface area contributed by atoms with Crippen LogP contribution in [0.4, 0.5) is 15.9 Å². The minimum absolute atomic E-state index is 0.125. The lowest BCUT2D eigenvalue weighted by atomic mass is 10.0. The zero-order valence-electron chi connectivity index (χ0n) is 18.7. The van der Waals surface area contributed by atoms with Crippen molar-refractivity contribution in [3.05, 3.63) is 82.9 Å². The highest BCUT2D eigenvalue weighted by molar-refractivity contribution is 6.33. The third kappa shape index (κ3) is 5.21. The Kier molecular flexibility index (Phi) is 7.45. The van der Waals surface area contributed by atoms with Crippen LogP contribution in [0.25, 0.3) is 11.1 Å². The molecule has 0 N–H and O–H groups in total. The van der Waals surface area contributed by atoms with E-state index in [4.69, 9.17) is 21.1 Å². The van der Waals surface area contributed by atoms with Gasteiger partial charge in [-0.3, -0.25) is 4.79 Å². The van der Waals surface area contributed by atoms with Gasteiger partial charge < -0.3 is 14.4 Å². The molecule has 1 aliphatic rings. The third-order valence-electron chi connectivity index (χ3n) is 5.55. The predicted octanol–water partition coefficient (Wildman–Crippen LogP) is 5.55. The van der Waals surface area contributed by atoms with E-state index in [0.717, 1.165) is 18.8 Å². The van der Waals surface area contributed by atoms with E-state index in [2.05, 4.69) is 4.90 Å². The fourth-order valence-corrected chi connectivity index (χ4v) is 3.95. The van der Waals surface area contributed by atoms with Crippen LogP contribution in [0, 0.1) is 0 Å². The summed E-state index contributed by atoms with van der Waals surface area (Å²) < 4.78 is 25.4. The molecule has 3 aromatic carbocycles. The molecular formula is C26H24ClFN2O4. The molecule has 3 aromatic rings. The second-order valence-electron chi connectivity index (χ2n) is 7.69. The Morgan fingerprint density at radius 2 is 1.65 bits per heavy atom. The summed E-state index contributed by atoms with van der Waals surface area (Å²) in [5.74, 6) is -1.23. The molecule has 0 unspecified atom stereocenters. The first-order chi connectivity index (χ1) is 16.5. The summed E-state index contributed by atoms with van der Waals surface area (Å²) in [6, 6.07) is 18.0. The van der Waals surface area contributed by atoms with E-state index in [9.17, 15) is 9.59 Å². The highest BCUT2D eigenvalue weighted by Gasteiger charge is 2.20. The number of anilines is 2. The monoisotopic (exact) mass is 482 g/mol. The average Bonchev–Trinajstić information content (AvgIpc) is 2.89. The van der Waals surface area contributed by atoms with Gasteiger partial charge >= 0.3 is 5.97 Å². The number of nitrogens with zero attached hydrogens (tertiary/aromatic N) is 2. The Labute approximate surface area is 202 Å². The van der Waals surface area contributed by atoms with Crippen molar-refractivity contribution in [1.29, 1.82) is 0 Å². The average molecular weight is 483 g/mol. The Hall–Kier alpha value is -3.42. The molecule has 34 heavy (non-hydrogen) atoms. The molecule has 6 nitrogen and oxygen atoms in total. The van der Waals surface area contributed by atoms with Crippen LogP contribution in [0.15, 0.2) is 66.7 Å². The standard InChI is InChI=1S/C26H24ClFN2O4/c1-2-34-26(32)19-5-3-18(4-6-19)23-17-20(7-12-24(23)27)25(31)30(28)22-10-8-21(9-11-22)29-13-15-33-16-14-29/h3-12,17H,2,13-16H2,1H3. The van der Waals surface area contributed by atoms with E-state index in [1.807, 2.05) is 0 Å². The number of hydrogen-bond donors (Lipinski definition) is 0. The van der Waals surface area contributed by atoms with Crippen LogP contribution >= 0.6 is 11.6 Å². The van der Waals surface area contributed by atoms with Gasteiger partial charge in [0.2, 0.25) is 0 Å². The second-order valence-corrected chi connectivity index (χ2v) is 8.10. The van der Waals surface area contributed by atoms with E-state index in [1.165, 1.54) is 6.07 Å². The van der Waals surface area contributed by atoms with Crippen molar-refractivity contribution < 1.29 is 23.5 Å². The molecule has 1 aliphatic heterocycles. The van der Waals surface area contributed by atoms with Gasteiger partial charge in [-0.25, -0.2) is 4.79 Å². The first-order valence-electron chi connectivity index (χ1n) is 11.0. The summed E-state index contributed by atoms with van der Waals surface area (Å²) >= 11 is 6.35. The topological polar surface area (TPSA) is 59.1 Å². The number of rotatable bonds is 6. The lowest BCUT2D eigenvalue weighted by molar-refractivity contribution is 0.0526. The van der Waals surface area contributed by atoms with Gasteiger partial charge in [0, 0.05) is 34.9 Å². The van der Waals surface area contributed by atoms with Gasteiger partial charge in [0.15, 0.2) is 0 Å². The highest BCUT2D eigenvalue weighted by Crippen LogP contribution is 2.31. The van der Waals surface area contributed by atoms with E-state index in [-0.39, 0.29) is 23.0 Å². The van der Waals surface area contributed by atoms with E-state index < -0.39 is 11.9 Å². The number of carbonyl (C=O) groups is 2. The number of halogens is 2. The van der Waals surface area contributed by atoms with E-state index >= 15 is 4.48 Å². The second kappa shape index (κ2) is 10.7. The summed E-state index contributed by atoms with van der Waals surface area (Å²) in [4.78, 5) is 26.9. The molecule has 1 amide bonds. The molecule has 8 heteroatoms. The van der Waals surface area contributed by atoms with Crippen molar-refractivity contribution in [3.63, 3.8) is 0 Å². The Bertz CT molecular complexity index is 1160. The quantitative estimate of drug-likeness (QED) is 0.340. The Balaban J connectivity index is 1.52. The van der Waals surface area contributed by atoms with Gasteiger partial charge in [-0.1, -0.05) is 28.2 Å². The van der Waals surface area contributed by atoms with Gasteiger partial charge in [0.25, 0.3) is 5.91 Å². The van der Waals surface area contributed by atoms with Crippen LogP contribution in [-0.2, 0) is 9.47 Å². The van der Waals surface area contributed by atoms with Crippen molar-refractivity contribution in [1.82, 2.24) is 0 Å². The number of amides is 1. The molecule has 0 radical (unpaired) electrons. The first-order valence-corrected chi connectivity index (χ1v) is 11.4. The minimum Gasteiger partial charge on any atom is -0.462 e. The zero-order valence-corrected chi connectivity index (χ0v) is 19.4. The lowest BCUT2D eigenvalue weighted by Gasteiger charge is -2.29. The van der Waals surface area contributed by atoms with Crippen molar-refractivity contribution >= 4 is 34.9 Å². The molecule has 1 fully saturated rings. The number of esters is 1. The predicted molar refractivity (Wildman–Crippen MR) is 130 cm³/mol. The van der Waals surface area contributed by atoms with Crippen LogP contribution < -0.4 is 10.0 Å². The van der Waals surface area contributed by atoms with Gasteiger partial charge in [0.1, 0.15) is 0 Å².